The summed E-state index contributed by atoms with van der Waals surface area (Å²) in [5, 5.41) is 3.12. The number of nitrogens with one attached hydrogen (secondary N) is 1. The van der Waals surface area contributed by atoms with Crippen molar-refractivity contribution in [3.05, 3.63) is 66.2 Å². The fourth-order valence-corrected chi connectivity index (χ4v) is 6.98. The number of rotatable bonds is 11. The van der Waals surface area contributed by atoms with E-state index in [0.717, 1.165) is 25.1 Å². The minimum atomic E-state index is -3.59. The van der Waals surface area contributed by atoms with Gasteiger partial charge in [0.1, 0.15) is 9.84 Å². The van der Waals surface area contributed by atoms with Crippen molar-refractivity contribution < 1.29 is 16.8 Å². The molecule has 0 aromatic heterocycles. The lowest BCUT2D eigenvalue weighted by Crippen LogP contribution is -2.53. The maximum atomic E-state index is 13.1. The van der Waals surface area contributed by atoms with Crippen molar-refractivity contribution in [1.29, 1.82) is 0 Å². The first-order valence-corrected chi connectivity index (χ1v) is 15.2. The smallest absolute Gasteiger partial charge is 0.242 e. The molecule has 3 unspecified atom stereocenters. The van der Waals surface area contributed by atoms with Gasteiger partial charge in [-0.05, 0) is 49.4 Å². The van der Waals surface area contributed by atoms with Gasteiger partial charge in [-0.15, -0.1) is 0 Å². The van der Waals surface area contributed by atoms with Gasteiger partial charge in [0.15, 0.2) is 0 Å². The normalized spacial score (nSPS) is 20.9. The van der Waals surface area contributed by atoms with Crippen molar-refractivity contribution in [1.82, 2.24) is 14.5 Å². The Labute approximate surface area is 205 Å². The molecule has 1 saturated heterocycles. The van der Waals surface area contributed by atoms with Crippen LogP contribution in [0.15, 0.2) is 65.6 Å². The van der Waals surface area contributed by atoms with Gasteiger partial charge in [0.25, 0.3) is 0 Å². The van der Waals surface area contributed by atoms with E-state index in [1.54, 1.807) is 37.4 Å². The largest absolute Gasteiger partial charge is 0.302 e. The Morgan fingerprint density at radius 3 is 2.24 bits per heavy atom. The number of likely N-dealkylation sites (tertiary alicyclic amines) is 1. The van der Waals surface area contributed by atoms with Crippen molar-refractivity contribution in [3.63, 3.8) is 0 Å². The summed E-state index contributed by atoms with van der Waals surface area (Å²) in [6.45, 7) is 4.62. The lowest BCUT2D eigenvalue weighted by atomic mass is 9.94. The minimum Gasteiger partial charge on any atom is -0.302 e. The van der Waals surface area contributed by atoms with Crippen LogP contribution in [0.25, 0.3) is 0 Å². The highest BCUT2D eigenvalue weighted by Crippen LogP contribution is 2.27. The average Bonchev–Trinajstić information content (AvgIpc) is 2.82. The number of piperidine rings is 1. The summed E-state index contributed by atoms with van der Waals surface area (Å²) in [7, 11) is -5.02. The summed E-state index contributed by atoms with van der Waals surface area (Å²) >= 11 is 0. The molecule has 0 saturated carbocycles. The third kappa shape index (κ3) is 6.88. The molecule has 0 bridgehead atoms. The Morgan fingerprint density at radius 1 is 1.03 bits per heavy atom. The molecule has 188 valence electrons. The van der Waals surface area contributed by atoms with Crippen LogP contribution in [-0.2, 0) is 19.9 Å². The Morgan fingerprint density at radius 2 is 1.65 bits per heavy atom. The molecule has 9 heteroatoms. The van der Waals surface area contributed by atoms with Crippen LogP contribution in [-0.4, -0.2) is 76.9 Å². The van der Waals surface area contributed by atoms with Crippen LogP contribution >= 0.6 is 0 Å². The van der Waals surface area contributed by atoms with Crippen molar-refractivity contribution in [3.8, 4) is 0 Å². The van der Waals surface area contributed by atoms with Crippen molar-refractivity contribution >= 4 is 19.9 Å². The van der Waals surface area contributed by atoms with Gasteiger partial charge in [-0.2, -0.15) is 0 Å². The monoisotopic (exact) mass is 507 g/mol. The molecule has 1 aliphatic rings. The van der Waals surface area contributed by atoms with E-state index < -0.39 is 19.9 Å². The third-order valence-corrected chi connectivity index (χ3v) is 10.2. The first-order valence-electron chi connectivity index (χ1n) is 11.9. The van der Waals surface area contributed by atoms with Gasteiger partial charge in [0, 0.05) is 32.9 Å². The van der Waals surface area contributed by atoms with E-state index in [2.05, 4.69) is 10.2 Å². The summed E-state index contributed by atoms with van der Waals surface area (Å²) in [6.07, 6.45) is 3.29. The maximum absolute atomic E-state index is 13.1. The summed E-state index contributed by atoms with van der Waals surface area (Å²) in [6, 6.07) is 18.5. The first kappa shape index (κ1) is 26.8. The van der Waals surface area contributed by atoms with E-state index in [4.69, 9.17) is 0 Å². The molecule has 1 fully saturated rings. The topological polar surface area (TPSA) is 86.8 Å². The SMILES string of the molecule is CCNC1CC(S(C)(=O)=O)CCN1CCC(CN(C)S(=O)(=O)c1ccccc1)c1ccccc1. The van der Waals surface area contributed by atoms with Gasteiger partial charge in [0.05, 0.1) is 16.3 Å². The summed E-state index contributed by atoms with van der Waals surface area (Å²) < 4.78 is 51.9. The molecule has 1 heterocycles. The molecular weight excluding hydrogens is 470 g/mol. The van der Waals surface area contributed by atoms with Crippen LogP contribution in [0.3, 0.4) is 0 Å². The Balaban J connectivity index is 1.74. The second-order valence-electron chi connectivity index (χ2n) is 9.08. The molecule has 3 atom stereocenters. The lowest BCUT2D eigenvalue weighted by Gasteiger charge is -2.40. The highest BCUT2D eigenvalue weighted by Gasteiger charge is 2.33. The van der Waals surface area contributed by atoms with Crippen LogP contribution in [0.4, 0.5) is 0 Å². The van der Waals surface area contributed by atoms with Gasteiger partial charge < -0.3 is 5.32 Å². The maximum Gasteiger partial charge on any atom is 0.242 e. The summed E-state index contributed by atoms with van der Waals surface area (Å²) in [5.41, 5.74) is 1.10. The lowest BCUT2D eigenvalue weighted by molar-refractivity contribution is 0.119. The Kier molecular flexibility index (Phi) is 9.28. The number of hydrogen-bond acceptors (Lipinski definition) is 6. The number of benzene rings is 2. The molecule has 0 spiro atoms. The molecular formula is C25H37N3O4S2. The van der Waals surface area contributed by atoms with E-state index in [1.807, 2.05) is 37.3 Å². The predicted octanol–water partition coefficient (Wildman–Crippen LogP) is 2.93. The minimum absolute atomic E-state index is 0.000629. The van der Waals surface area contributed by atoms with E-state index in [1.165, 1.54) is 10.6 Å². The Hall–Kier alpha value is -1.78. The number of likely N-dealkylation sites (N-methyl/N-ethyl adjacent to an activating group) is 1. The number of sulfone groups is 1. The standard InChI is InChI=1S/C25H37N3O4S2/c1-4-26-25-19-24(33(3,29)30)16-18-28(25)17-15-22(21-11-7-5-8-12-21)20-27(2)34(31,32)23-13-9-6-10-14-23/h5-14,22,24-26H,4,15-20H2,1-3H3. The molecule has 3 rings (SSSR count). The average molecular weight is 508 g/mol. The van der Waals surface area contributed by atoms with Crippen LogP contribution in [0.1, 0.15) is 37.7 Å². The van der Waals surface area contributed by atoms with Gasteiger partial charge in [-0.25, -0.2) is 21.1 Å². The Bertz CT molecular complexity index is 1110. The molecule has 0 radical (unpaired) electrons. The molecule has 2 aromatic carbocycles. The number of sulfonamides is 1. The van der Waals surface area contributed by atoms with Crippen molar-refractivity contribution in [2.24, 2.45) is 0 Å². The van der Waals surface area contributed by atoms with Crippen molar-refractivity contribution in [2.45, 2.75) is 48.4 Å². The zero-order valence-electron chi connectivity index (χ0n) is 20.3. The summed E-state index contributed by atoms with van der Waals surface area (Å²) in [4.78, 5) is 2.60. The fraction of sp³-hybridized carbons (Fsp3) is 0.520. The van der Waals surface area contributed by atoms with E-state index in [-0.39, 0.29) is 17.3 Å². The fourth-order valence-electron chi connectivity index (χ4n) is 4.68. The van der Waals surface area contributed by atoms with Crippen LogP contribution in [0.5, 0.6) is 0 Å². The van der Waals surface area contributed by atoms with E-state index in [9.17, 15) is 16.8 Å². The van der Waals surface area contributed by atoms with E-state index in [0.29, 0.717) is 30.8 Å². The van der Waals surface area contributed by atoms with Crippen LogP contribution in [0.2, 0.25) is 0 Å². The van der Waals surface area contributed by atoms with Gasteiger partial charge in [0.2, 0.25) is 10.0 Å². The predicted molar refractivity (Wildman–Crippen MR) is 137 cm³/mol. The van der Waals surface area contributed by atoms with Crippen LogP contribution < -0.4 is 5.32 Å². The molecule has 0 aliphatic carbocycles. The van der Waals surface area contributed by atoms with E-state index >= 15 is 0 Å². The number of hydrogen-bond donors (Lipinski definition) is 1. The van der Waals surface area contributed by atoms with Gasteiger partial charge in [-0.3, -0.25) is 4.90 Å². The zero-order chi connectivity index (χ0) is 24.8. The molecule has 1 N–H and O–H groups in total. The highest BCUT2D eigenvalue weighted by atomic mass is 32.2. The van der Waals surface area contributed by atoms with Crippen molar-refractivity contribution in [2.75, 3.05) is 39.5 Å². The molecule has 34 heavy (non-hydrogen) atoms. The molecule has 0 amide bonds. The zero-order valence-corrected chi connectivity index (χ0v) is 21.9. The van der Waals surface area contributed by atoms with Gasteiger partial charge in [-0.1, -0.05) is 55.5 Å². The molecule has 2 aromatic rings. The molecule has 7 nitrogen and oxygen atoms in total. The molecule has 1 aliphatic heterocycles. The quantitative estimate of drug-likeness (QED) is 0.503. The first-order chi connectivity index (χ1) is 16.1. The summed E-state index contributed by atoms with van der Waals surface area (Å²) in [5.74, 6) is 0.0135. The second kappa shape index (κ2) is 11.8. The highest BCUT2D eigenvalue weighted by molar-refractivity contribution is 7.91. The van der Waals surface area contributed by atoms with Crippen LogP contribution in [0, 0.1) is 0 Å². The van der Waals surface area contributed by atoms with Gasteiger partial charge >= 0.3 is 0 Å². The number of nitrogens with zero attached hydrogens (tertiary/aromatic N) is 2. The second-order valence-corrected chi connectivity index (χ2v) is 13.5. The third-order valence-electron chi connectivity index (χ3n) is 6.68.